The van der Waals surface area contributed by atoms with E-state index in [1.165, 1.54) is 40.6 Å². The van der Waals surface area contributed by atoms with Gasteiger partial charge in [-0.15, -0.1) is 5.10 Å². The maximum absolute atomic E-state index is 12.9. The molecule has 2 N–H and O–H groups in total. The maximum Gasteiger partial charge on any atom is 0.343 e. The molecule has 1 aromatic carbocycles. The number of aromatic amines is 1. The van der Waals surface area contributed by atoms with Crippen LogP contribution in [0.1, 0.15) is 13.3 Å². The summed E-state index contributed by atoms with van der Waals surface area (Å²) in [4.78, 5) is 24.0. The summed E-state index contributed by atoms with van der Waals surface area (Å²) in [5.41, 5.74) is 0.188. The molecule has 1 heterocycles. The number of carbonyl (C=O) groups excluding carboxylic acids is 1. The molecule has 2 rings (SSSR count). The van der Waals surface area contributed by atoms with Crippen LogP contribution in [0.3, 0.4) is 0 Å². The number of methoxy groups -OCH3 is 1. The first-order valence-electron chi connectivity index (χ1n) is 7.38. The minimum Gasteiger partial charge on any atom is -0.385 e. The molecule has 0 saturated heterocycles. The zero-order valence-corrected chi connectivity index (χ0v) is 14.2. The van der Waals surface area contributed by atoms with Gasteiger partial charge < -0.3 is 10.1 Å². The van der Waals surface area contributed by atoms with E-state index < -0.39 is 5.25 Å². The van der Waals surface area contributed by atoms with Crippen molar-refractivity contribution in [1.29, 1.82) is 0 Å². The predicted octanol–water partition coefficient (Wildman–Crippen LogP) is 1.87. The van der Waals surface area contributed by atoms with Gasteiger partial charge in [-0.1, -0.05) is 11.8 Å². The molecule has 0 fully saturated rings. The Labute approximate surface area is 142 Å². The quantitative estimate of drug-likeness (QED) is 0.558. The number of rotatable bonds is 8. The zero-order valence-electron chi connectivity index (χ0n) is 13.4. The van der Waals surface area contributed by atoms with E-state index in [2.05, 4.69) is 15.5 Å². The molecule has 0 aliphatic carbocycles. The van der Waals surface area contributed by atoms with Gasteiger partial charge in [0.1, 0.15) is 5.82 Å². The van der Waals surface area contributed by atoms with Crippen LogP contribution in [0.15, 0.2) is 34.2 Å². The standard InChI is InChI=1S/C15H19FN4O3S/c1-10(13(21)17-12-6-4-11(16)5-7-12)24-15-19-18-14(22)20(15)8-3-9-23-2/h4-7,10H,3,8-9H2,1-2H3,(H,17,21)(H,18,22)/t10-/m0/s1. The lowest BCUT2D eigenvalue weighted by Gasteiger charge is -2.12. The van der Waals surface area contributed by atoms with Crippen molar-refractivity contribution in [2.45, 2.75) is 30.3 Å². The summed E-state index contributed by atoms with van der Waals surface area (Å²) in [7, 11) is 1.59. The number of nitrogens with one attached hydrogen (secondary N) is 2. The molecule has 0 saturated carbocycles. The van der Waals surface area contributed by atoms with Gasteiger partial charge >= 0.3 is 5.69 Å². The maximum atomic E-state index is 12.9. The highest BCUT2D eigenvalue weighted by Gasteiger charge is 2.19. The molecule has 0 aliphatic heterocycles. The van der Waals surface area contributed by atoms with Crippen molar-refractivity contribution >= 4 is 23.4 Å². The number of hydrogen-bond acceptors (Lipinski definition) is 5. The van der Waals surface area contributed by atoms with Crippen molar-refractivity contribution in [3.63, 3.8) is 0 Å². The Morgan fingerprint density at radius 3 is 2.83 bits per heavy atom. The van der Waals surface area contributed by atoms with Crippen LogP contribution in [0.25, 0.3) is 0 Å². The van der Waals surface area contributed by atoms with Crippen LogP contribution in [0.2, 0.25) is 0 Å². The Morgan fingerprint density at radius 2 is 2.17 bits per heavy atom. The lowest BCUT2D eigenvalue weighted by atomic mass is 10.3. The molecule has 0 aliphatic rings. The fourth-order valence-electron chi connectivity index (χ4n) is 1.95. The van der Waals surface area contributed by atoms with Crippen molar-refractivity contribution in [1.82, 2.24) is 14.8 Å². The Morgan fingerprint density at radius 1 is 1.46 bits per heavy atom. The monoisotopic (exact) mass is 354 g/mol. The SMILES string of the molecule is COCCCn1c(S[C@@H](C)C(=O)Nc2ccc(F)cc2)n[nH]c1=O. The summed E-state index contributed by atoms with van der Waals surface area (Å²) in [5, 5.41) is 9.00. The highest BCUT2D eigenvalue weighted by atomic mass is 32.2. The van der Waals surface area contributed by atoms with Crippen LogP contribution in [0.4, 0.5) is 10.1 Å². The summed E-state index contributed by atoms with van der Waals surface area (Å²) in [6, 6.07) is 5.52. The molecule has 1 atom stereocenters. The van der Waals surface area contributed by atoms with E-state index in [9.17, 15) is 14.0 Å². The summed E-state index contributed by atoms with van der Waals surface area (Å²) in [5.74, 6) is -0.627. The Bertz CT molecular complexity index is 729. The van der Waals surface area contributed by atoms with E-state index in [1.54, 1.807) is 14.0 Å². The molecule has 9 heteroatoms. The topological polar surface area (TPSA) is 89.0 Å². The van der Waals surface area contributed by atoms with Crippen LogP contribution >= 0.6 is 11.8 Å². The number of aromatic nitrogens is 3. The molecule has 0 unspecified atom stereocenters. The average molecular weight is 354 g/mol. The molecular formula is C15H19FN4O3S. The van der Waals surface area contributed by atoms with Crippen LogP contribution in [-0.4, -0.2) is 39.6 Å². The number of H-pyrrole nitrogens is 1. The molecule has 0 bridgehead atoms. The van der Waals surface area contributed by atoms with Gasteiger partial charge in [-0.2, -0.15) is 0 Å². The average Bonchev–Trinajstić information content (AvgIpc) is 2.90. The van der Waals surface area contributed by atoms with Gasteiger partial charge in [-0.3, -0.25) is 9.36 Å². The van der Waals surface area contributed by atoms with E-state index in [4.69, 9.17) is 4.74 Å². The van der Waals surface area contributed by atoms with E-state index in [-0.39, 0.29) is 17.4 Å². The summed E-state index contributed by atoms with van der Waals surface area (Å²) in [6.45, 7) is 2.70. The number of carbonyl (C=O) groups is 1. The third-order valence-electron chi connectivity index (χ3n) is 3.22. The van der Waals surface area contributed by atoms with Gasteiger partial charge in [-0.25, -0.2) is 14.3 Å². The Balaban J connectivity index is 1.98. The molecule has 130 valence electrons. The zero-order chi connectivity index (χ0) is 17.5. The Kier molecular flexibility index (Phi) is 6.56. The van der Waals surface area contributed by atoms with E-state index in [0.29, 0.717) is 30.4 Å². The Hall–Kier alpha value is -2.13. The third-order valence-corrected chi connectivity index (χ3v) is 4.31. The van der Waals surface area contributed by atoms with Crippen LogP contribution in [0.5, 0.6) is 0 Å². The fourth-order valence-corrected chi connectivity index (χ4v) is 2.83. The molecule has 7 nitrogen and oxygen atoms in total. The van der Waals surface area contributed by atoms with E-state index in [0.717, 1.165) is 0 Å². The molecule has 0 spiro atoms. The highest BCUT2D eigenvalue weighted by Crippen LogP contribution is 2.21. The largest absolute Gasteiger partial charge is 0.385 e. The van der Waals surface area contributed by atoms with Crippen LogP contribution in [-0.2, 0) is 16.1 Å². The number of amides is 1. The van der Waals surface area contributed by atoms with Gasteiger partial charge in [0.25, 0.3) is 0 Å². The summed E-state index contributed by atoms with van der Waals surface area (Å²) < 4.78 is 19.3. The van der Waals surface area contributed by atoms with Crippen LogP contribution in [0, 0.1) is 5.82 Å². The van der Waals surface area contributed by atoms with Crippen molar-refractivity contribution in [2.75, 3.05) is 19.0 Å². The van der Waals surface area contributed by atoms with Gasteiger partial charge in [0, 0.05) is 25.9 Å². The summed E-state index contributed by atoms with van der Waals surface area (Å²) >= 11 is 1.17. The van der Waals surface area contributed by atoms with E-state index in [1.807, 2.05) is 0 Å². The van der Waals surface area contributed by atoms with Crippen LogP contribution < -0.4 is 11.0 Å². The smallest absolute Gasteiger partial charge is 0.343 e. The van der Waals surface area contributed by atoms with Crippen molar-refractivity contribution in [3.8, 4) is 0 Å². The number of ether oxygens (including phenoxy) is 1. The summed E-state index contributed by atoms with van der Waals surface area (Å²) in [6.07, 6.45) is 0.666. The first kappa shape index (κ1) is 18.2. The number of nitrogens with zero attached hydrogens (tertiary/aromatic N) is 2. The number of thioether (sulfide) groups is 1. The minimum atomic E-state index is -0.480. The lowest BCUT2D eigenvalue weighted by Crippen LogP contribution is -2.24. The first-order valence-corrected chi connectivity index (χ1v) is 8.26. The second-order valence-electron chi connectivity index (χ2n) is 5.07. The highest BCUT2D eigenvalue weighted by molar-refractivity contribution is 8.00. The van der Waals surface area contributed by atoms with Gasteiger partial charge in [0.15, 0.2) is 5.16 Å². The second kappa shape index (κ2) is 8.65. The normalized spacial score (nSPS) is 12.1. The number of hydrogen-bond donors (Lipinski definition) is 2. The van der Waals surface area contributed by atoms with Crippen molar-refractivity contribution in [2.24, 2.45) is 0 Å². The molecule has 2 aromatic rings. The number of halogens is 1. The fraction of sp³-hybridized carbons (Fsp3) is 0.400. The molecule has 1 aromatic heterocycles. The van der Waals surface area contributed by atoms with Crippen molar-refractivity contribution in [3.05, 3.63) is 40.6 Å². The predicted molar refractivity (Wildman–Crippen MR) is 89.7 cm³/mol. The van der Waals surface area contributed by atoms with Gasteiger partial charge in [0.2, 0.25) is 5.91 Å². The molecular weight excluding hydrogens is 335 g/mol. The third kappa shape index (κ3) is 4.93. The van der Waals surface area contributed by atoms with Crippen molar-refractivity contribution < 1.29 is 13.9 Å². The van der Waals surface area contributed by atoms with Gasteiger partial charge in [-0.05, 0) is 37.6 Å². The van der Waals surface area contributed by atoms with Gasteiger partial charge in [0.05, 0.1) is 5.25 Å². The molecule has 24 heavy (non-hydrogen) atoms. The molecule has 0 radical (unpaired) electrons. The number of benzene rings is 1. The molecule has 1 amide bonds. The first-order chi connectivity index (χ1) is 11.5. The minimum absolute atomic E-state index is 0.259. The second-order valence-corrected chi connectivity index (χ2v) is 6.37. The lowest BCUT2D eigenvalue weighted by molar-refractivity contribution is -0.115. The van der Waals surface area contributed by atoms with E-state index >= 15 is 0 Å². The number of anilines is 1.